The second-order valence-corrected chi connectivity index (χ2v) is 7.75. The summed E-state index contributed by atoms with van der Waals surface area (Å²) in [7, 11) is 0. The molecular weight excluding hydrogens is 392 g/mol. The Hall–Kier alpha value is -3.84. The van der Waals surface area contributed by atoms with Crippen LogP contribution in [0.2, 0.25) is 0 Å². The van der Waals surface area contributed by atoms with Crippen molar-refractivity contribution in [3.8, 4) is 11.3 Å². The van der Waals surface area contributed by atoms with Crippen molar-refractivity contribution in [1.29, 1.82) is 0 Å². The van der Waals surface area contributed by atoms with E-state index in [-0.39, 0.29) is 0 Å². The first kappa shape index (κ1) is 18.2. The number of rotatable bonds is 6. The number of para-hydroxylation sites is 1. The number of thiazole rings is 1. The first-order chi connectivity index (χ1) is 14.8. The minimum absolute atomic E-state index is 0.688. The summed E-state index contributed by atoms with van der Waals surface area (Å²) in [5, 5.41) is 9.95. The molecule has 0 amide bonds. The standard InChI is InChI=1S/C23H18N6S/c1-2-7-17(8-3-1)15-29-16-19(22(28-29)18-9-6-12-24-13-18)14-25-27-23-26-20-10-4-5-11-21(20)30-23/h1-14,16H,15H2,(H,26,27)/b25-14-. The number of aromatic nitrogens is 4. The van der Waals surface area contributed by atoms with Gasteiger partial charge in [0.05, 0.1) is 23.0 Å². The van der Waals surface area contributed by atoms with Crippen molar-refractivity contribution in [3.63, 3.8) is 0 Å². The van der Waals surface area contributed by atoms with Gasteiger partial charge in [-0.25, -0.2) is 4.98 Å². The Kier molecular flexibility index (Phi) is 5.01. The van der Waals surface area contributed by atoms with Crippen molar-refractivity contribution in [1.82, 2.24) is 19.7 Å². The van der Waals surface area contributed by atoms with E-state index in [1.165, 1.54) is 5.56 Å². The van der Waals surface area contributed by atoms with Crippen LogP contribution in [-0.4, -0.2) is 26.0 Å². The summed E-state index contributed by atoms with van der Waals surface area (Å²) in [6.07, 6.45) is 7.35. The zero-order chi connectivity index (χ0) is 20.2. The summed E-state index contributed by atoms with van der Waals surface area (Å²) in [5.41, 5.74) is 7.90. The number of anilines is 1. The number of hydrogen-bond donors (Lipinski definition) is 1. The number of pyridine rings is 1. The third kappa shape index (κ3) is 3.97. The fourth-order valence-corrected chi connectivity index (χ4v) is 4.00. The van der Waals surface area contributed by atoms with Gasteiger partial charge in [0.2, 0.25) is 5.13 Å². The van der Waals surface area contributed by atoms with Crippen LogP contribution in [0.3, 0.4) is 0 Å². The SMILES string of the molecule is C(=N/Nc1nc2ccccc2s1)/c1cn(Cc2ccccc2)nc1-c1cccnc1. The summed E-state index contributed by atoms with van der Waals surface area (Å²) in [6.45, 7) is 0.688. The van der Waals surface area contributed by atoms with Gasteiger partial charge in [-0.2, -0.15) is 10.2 Å². The molecule has 3 aromatic heterocycles. The van der Waals surface area contributed by atoms with Crippen LogP contribution in [0.25, 0.3) is 21.5 Å². The van der Waals surface area contributed by atoms with Crippen LogP contribution in [0.1, 0.15) is 11.1 Å². The van der Waals surface area contributed by atoms with Gasteiger partial charge in [0.1, 0.15) is 5.69 Å². The molecular formula is C23H18N6S. The largest absolute Gasteiger partial charge is 0.267 e. The average Bonchev–Trinajstić information content (AvgIpc) is 3.39. The maximum atomic E-state index is 4.78. The Labute approximate surface area is 177 Å². The van der Waals surface area contributed by atoms with E-state index in [9.17, 15) is 0 Å². The van der Waals surface area contributed by atoms with E-state index >= 15 is 0 Å². The van der Waals surface area contributed by atoms with Gasteiger partial charge >= 0.3 is 0 Å². The van der Waals surface area contributed by atoms with Crippen molar-refractivity contribution in [2.24, 2.45) is 5.10 Å². The molecule has 0 aliphatic carbocycles. The van der Waals surface area contributed by atoms with E-state index in [4.69, 9.17) is 5.10 Å². The van der Waals surface area contributed by atoms with Crippen LogP contribution < -0.4 is 5.43 Å². The lowest BCUT2D eigenvalue weighted by Gasteiger charge is -2.01. The first-order valence-corrected chi connectivity index (χ1v) is 10.3. The van der Waals surface area contributed by atoms with Gasteiger partial charge in [-0.3, -0.25) is 15.1 Å². The Balaban J connectivity index is 1.42. The quantitative estimate of drug-likeness (QED) is 0.314. The molecule has 0 spiro atoms. The number of fused-ring (bicyclic) bond motifs is 1. The summed E-state index contributed by atoms with van der Waals surface area (Å²) in [5.74, 6) is 0. The zero-order valence-electron chi connectivity index (χ0n) is 16.0. The molecule has 5 rings (SSSR count). The molecule has 0 fully saturated rings. The lowest BCUT2D eigenvalue weighted by molar-refractivity contribution is 0.689. The van der Waals surface area contributed by atoms with Crippen molar-refractivity contribution in [2.45, 2.75) is 6.54 Å². The predicted octanol–water partition coefficient (Wildman–Crippen LogP) is 5.05. The number of hydrazone groups is 1. The Morgan fingerprint density at radius 1 is 1.00 bits per heavy atom. The Morgan fingerprint density at radius 3 is 2.70 bits per heavy atom. The topological polar surface area (TPSA) is 68.0 Å². The molecule has 0 aliphatic rings. The van der Waals surface area contributed by atoms with Crippen molar-refractivity contribution >= 4 is 32.9 Å². The van der Waals surface area contributed by atoms with Crippen LogP contribution in [0.5, 0.6) is 0 Å². The van der Waals surface area contributed by atoms with Crippen LogP contribution in [0.15, 0.2) is 90.4 Å². The molecule has 0 aliphatic heterocycles. The fourth-order valence-electron chi connectivity index (χ4n) is 3.19. The molecule has 0 saturated heterocycles. The smallest absolute Gasteiger partial charge is 0.204 e. The highest BCUT2D eigenvalue weighted by atomic mass is 32.1. The lowest BCUT2D eigenvalue weighted by atomic mass is 10.1. The van der Waals surface area contributed by atoms with Crippen molar-refractivity contribution in [3.05, 3.63) is 96.4 Å². The molecule has 2 aromatic carbocycles. The minimum Gasteiger partial charge on any atom is -0.267 e. The van der Waals surface area contributed by atoms with E-state index in [1.54, 1.807) is 23.7 Å². The molecule has 7 heteroatoms. The molecule has 0 saturated carbocycles. The summed E-state index contributed by atoms with van der Waals surface area (Å²) in [4.78, 5) is 8.78. The molecule has 0 unspecified atom stereocenters. The van der Waals surface area contributed by atoms with Crippen molar-refractivity contribution in [2.75, 3.05) is 5.43 Å². The maximum absolute atomic E-state index is 4.78. The van der Waals surface area contributed by atoms with E-state index in [0.717, 1.165) is 32.2 Å². The highest BCUT2D eigenvalue weighted by molar-refractivity contribution is 7.22. The first-order valence-electron chi connectivity index (χ1n) is 9.51. The summed E-state index contributed by atoms with van der Waals surface area (Å²) >= 11 is 1.57. The molecule has 6 nitrogen and oxygen atoms in total. The molecule has 0 bridgehead atoms. The molecule has 0 atom stereocenters. The molecule has 1 N–H and O–H groups in total. The van der Waals surface area contributed by atoms with Gasteiger partial charge in [-0.1, -0.05) is 53.8 Å². The third-order valence-corrected chi connectivity index (χ3v) is 5.51. The van der Waals surface area contributed by atoms with E-state index in [0.29, 0.717) is 6.54 Å². The van der Waals surface area contributed by atoms with Gasteiger partial charge in [-0.05, 0) is 29.8 Å². The van der Waals surface area contributed by atoms with Crippen LogP contribution in [0.4, 0.5) is 5.13 Å². The third-order valence-electron chi connectivity index (χ3n) is 4.57. The molecule has 3 heterocycles. The van der Waals surface area contributed by atoms with Gasteiger partial charge in [0.25, 0.3) is 0 Å². The van der Waals surface area contributed by atoms with Crippen LogP contribution >= 0.6 is 11.3 Å². The second kappa shape index (κ2) is 8.26. The van der Waals surface area contributed by atoms with E-state index < -0.39 is 0 Å². The number of hydrogen-bond acceptors (Lipinski definition) is 6. The monoisotopic (exact) mass is 410 g/mol. The average molecular weight is 411 g/mol. The van der Waals surface area contributed by atoms with Crippen LogP contribution in [-0.2, 0) is 6.54 Å². The van der Waals surface area contributed by atoms with Gasteiger partial charge in [-0.15, -0.1) is 0 Å². The lowest BCUT2D eigenvalue weighted by Crippen LogP contribution is -2.00. The number of nitrogens with one attached hydrogen (secondary N) is 1. The van der Waals surface area contributed by atoms with E-state index in [1.807, 2.05) is 65.6 Å². The molecule has 30 heavy (non-hydrogen) atoms. The minimum atomic E-state index is 0.688. The van der Waals surface area contributed by atoms with E-state index in [2.05, 4.69) is 38.7 Å². The maximum Gasteiger partial charge on any atom is 0.204 e. The fraction of sp³-hybridized carbons (Fsp3) is 0.0435. The highest BCUT2D eigenvalue weighted by Crippen LogP contribution is 2.25. The predicted molar refractivity (Wildman–Crippen MR) is 122 cm³/mol. The highest BCUT2D eigenvalue weighted by Gasteiger charge is 2.11. The van der Waals surface area contributed by atoms with Gasteiger partial charge in [0.15, 0.2) is 0 Å². The zero-order valence-corrected chi connectivity index (χ0v) is 16.8. The van der Waals surface area contributed by atoms with Crippen molar-refractivity contribution < 1.29 is 0 Å². The van der Waals surface area contributed by atoms with Crippen LogP contribution in [0, 0.1) is 0 Å². The normalized spacial score (nSPS) is 11.3. The summed E-state index contributed by atoms with van der Waals surface area (Å²) < 4.78 is 3.05. The summed E-state index contributed by atoms with van der Waals surface area (Å²) in [6, 6.07) is 22.2. The Morgan fingerprint density at radius 2 is 1.87 bits per heavy atom. The molecule has 146 valence electrons. The van der Waals surface area contributed by atoms with Gasteiger partial charge in [0, 0.05) is 29.7 Å². The number of benzene rings is 2. The van der Waals surface area contributed by atoms with Gasteiger partial charge < -0.3 is 0 Å². The number of nitrogens with zero attached hydrogens (tertiary/aromatic N) is 5. The second-order valence-electron chi connectivity index (χ2n) is 6.71. The molecule has 5 aromatic rings. The molecule has 0 radical (unpaired) electrons. The Bertz CT molecular complexity index is 1260.